The van der Waals surface area contributed by atoms with Crippen LogP contribution in [0.5, 0.6) is 5.75 Å². The Morgan fingerprint density at radius 1 is 1.09 bits per heavy atom. The molecule has 0 saturated heterocycles. The van der Waals surface area contributed by atoms with Gasteiger partial charge in [-0.05, 0) is 59.2 Å². The van der Waals surface area contributed by atoms with Crippen LogP contribution in [-0.2, 0) is 11.3 Å². The molecule has 0 spiro atoms. The van der Waals surface area contributed by atoms with Crippen molar-refractivity contribution in [2.75, 3.05) is 7.11 Å². The van der Waals surface area contributed by atoms with Gasteiger partial charge in [-0.3, -0.25) is 4.98 Å². The van der Waals surface area contributed by atoms with Gasteiger partial charge < -0.3 is 9.47 Å². The fraction of sp³-hybridized carbons (Fsp3) is 0.158. The van der Waals surface area contributed by atoms with Crippen molar-refractivity contribution in [1.82, 2.24) is 4.98 Å². The van der Waals surface area contributed by atoms with Gasteiger partial charge in [0.25, 0.3) is 0 Å². The molecular weight excluding hydrogens is 290 g/mol. The third-order valence-electron chi connectivity index (χ3n) is 3.78. The van der Waals surface area contributed by atoms with Crippen LogP contribution in [0.2, 0.25) is 0 Å². The number of aryl methyl sites for hydroxylation is 1. The Labute approximate surface area is 134 Å². The van der Waals surface area contributed by atoms with E-state index in [-0.39, 0.29) is 12.6 Å². The molecule has 0 radical (unpaired) electrons. The summed E-state index contributed by atoms with van der Waals surface area (Å²) in [6, 6.07) is 13.1. The minimum absolute atomic E-state index is 0.244. The summed E-state index contributed by atoms with van der Waals surface area (Å²) in [5.41, 5.74) is 2.50. The fourth-order valence-corrected chi connectivity index (χ4v) is 2.37. The van der Waals surface area contributed by atoms with Gasteiger partial charge in [-0.25, -0.2) is 4.79 Å². The average molecular weight is 307 g/mol. The van der Waals surface area contributed by atoms with Crippen molar-refractivity contribution < 1.29 is 14.3 Å². The summed E-state index contributed by atoms with van der Waals surface area (Å²) in [7, 11) is 1.63. The minimum atomic E-state index is -0.334. The number of hydrogen-bond donors (Lipinski definition) is 0. The highest BCUT2D eigenvalue weighted by Crippen LogP contribution is 2.22. The van der Waals surface area contributed by atoms with Crippen molar-refractivity contribution in [1.29, 1.82) is 0 Å². The zero-order valence-corrected chi connectivity index (χ0v) is 13.1. The lowest BCUT2D eigenvalue weighted by molar-refractivity contribution is 0.0472. The van der Waals surface area contributed by atoms with Crippen molar-refractivity contribution >= 4 is 16.7 Å². The van der Waals surface area contributed by atoms with Gasteiger partial charge in [0, 0.05) is 12.4 Å². The molecular formula is C19H17NO3. The number of carbonyl (C=O) groups excluding carboxylic acids is 1. The smallest absolute Gasteiger partial charge is 0.338 e. The fourth-order valence-electron chi connectivity index (χ4n) is 2.37. The van der Waals surface area contributed by atoms with Crippen molar-refractivity contribution in [3.8, 4) is 5.75 Å². The Hall–Kier alpha value is -2.88. The van der Waals surface area contributed by atoms with Gasteiger partial charge in [0.1, 0.15) is 12.4 Å². The number of benzene rings is 2. The first-order chi connectivity index (χ1) is 11.2. The van der Waals surface area contributed by atoms with Crippen LogP contribution in [0.4, 0.5) is 0 Å². The molecule has 3 aromatic rings. The first kappa shape index (κ1) is 15.0. The molecule has 0 atom stereocenters. The van der Waals surface area contributed by atoms with Crippen LogP contribution in [0.1, 0.15) is 21.5 Å². The molecule has 2 aromatic carbocycles. The molecule has 1 aromatic heterocycles. The van der Waals surface area contributed by atoms with E-state index in [1.165, 1.54) is 0 Å². The predicted molar refractivity (Wildman–Crippen MR) is 88.6 cm³/mol. The Kier molecular flexibility index (Phi) is 4.24. The van der Waals surface area contributed by atoms with Gasteiger partial charge in [-0.2, -0.15) is 0 Å². The van der Waals surface area contributed by atoms with Crippen molar-refractivity contribution in [2.24, 2.45) is 0 Å². The molecule has 4 heteroatoms. The maximum atomic E-state index is 12.2. The Balaban J connectivity index is 1.77. The Morgan fingerprint density at radius 2 is 1.87 bits per heavy atom. The maximum absolute atomic E-state index is 12.2. The number of pyridine rings is 1. The quantitative estimate of drug-likeness (QED) is 0.686. The van der Waals surface area contributed by atoms with Crippen LogP contribution in [0.3, 0.4) is 0 Å². The van der Waals surface area contributed by atoms with Gasteiger partial charge in [-0.1, -0.05) is 12.1 Å². The number of carbonyl (C=O) groups is 1. The standard InChI is InChI=1S/C19H17NO3/c1-13-11-20-8-7-17(13)12-23-19(21)16-4-3-15-10-18(22-2)6-5-14(15)9-16/h3-11H,12H2,1-2H3. The summed E-state index contributed by atoms with van der Waals surface area (Å²) >= 11 is 0. The Bertz CT molecular complexity index is 858. The van der Waals surface area contributed by atoms with E-state index in [1.54, 1.807) is 25.6 Å². The van der Waals surface area contributed by atoms with Gasteiger partial charge in [0.15, 0.2) is 0 Å². The second kappa shape index (κ2) is 6.48. The van der Waals surface area contributed by atoms with Gasteiger partial charge in [0.2, 0.25) is 0 Å². The van der Waals surface area contributed by atoms with Crippen molar-refractivity contribution in [2.45, 2.75) is 13.5 Å². The van der Waals surface area contributed by atoms with Gasteiger partial charge in [0.05, 0.1) is 12.7 Å². The summed E-state index contributed by atoms with van der Waals surface area (Å²) in [5.74, 6) is 0.458. The summed E-state index contributed by atoms with van der Waals surface area (Å²) in [6.45, 7) is 2.19. The third kappa shape index (κ3) is 3.31. The lowest BCUT2D eigenvalue weighted by Gasteiger charge is -2.08. The molecule has 1 heterocycles. The number of aromatic nitrogens is 1. The molecule has 116 valence electrons. The molecule has 23 heavy (non-hydrogen) atoms. The maximum Gasteiger partial charge on any atom is 0.338 e. The number of nitrogens with zero attached hydrogens (tertiary/aromatic N) is 1. The van der Waals surface area contributed by atoms with E-state index in [0.29, 0.717) is 5.56 Å². The summed E-state index contributed by atoms with van der Waals surface area (Å²) in [4.78, 5) is 16.3. The zero-order valence-electron chi connectivity index (χ0n) is 13.1. The number of hydrogen-bond acceptors (Lipinski definition) is 4. The first-order valence-electron chi connectivity index (χ1n) is 7.32. The van der Waals surface area contributed by atoms with Crippen molar-refractivity contribution in [3.63, 3.8) is 0 Å². The van der Waals surface area contributed by atoms with Crippen molar-refractivity contribution in [3.05, 3.63) is 71.5 Å². The van der Waals surface area contributed by atoms with E-state index in [1.807, 2.05) is 43.3 Å². The highest BCUT2D eigenvalue weighted by molar-refractivity contribution is 5.95. The first-order valence-corrected chi connectivity index (χ1v) is 7.32. The lowest BCUT2D eigenvalue weighted by Crippen LogP contribution is -2.06. The zero-order chi connectivity index (χ0) is 16.2. The lowest BCUT2D eigenvalue weighted by atomic mass is 10.1. The normalized spacial score (nSPS) is 10.5. The highest BCUT2D eigenvalue weighted by atomic mass is 16.5. The van der Waals surface area contributed by atoms with E-state index in [2.05, 4.69) is 4.98 Å². The average Bonchev–Trinajstić information content (AvgIpc) is 2.59. The molecule has 0 unspecified atom stereocenters. The van der Waals surface area contributed by atoms with E-state index >= 15 is 0 Å². The highest BCUT2D eigenvalue weighted by Gasteiger charge is 2.09. The molecule has 0 aliphatic carbocycles. The van der Waals surface area contributed by atoms with Crippen LogP contribution < -0.4 is 4.74 Å². The van der Waals surface area contributed by atoms with Gasteiger partial charge in [-0.15, -0.1) is 0 Å². The van der Waals surface area contributed by atoms with Crippen LogP contribution in [0.15, 0.2) is 54.9 Å². The molecule has 0 bridgehead atoms. The third-order valence-corrected chi connectivity index (χ3v) is 3.78. The second-order valence-corrected chi connectivity index (χ2v) is 5.31. The number of esters is 1. The van der Waals surface area contributed by atoms with Gasteiger partial charge >= 0.3 is 5.97 Å². The molecule has 4 nitrogen and oxygen atoms in total. The molecule has 0 N–H and O–H groups in total. The van der Waals surface area contributed by atoms with E-state index < -0.39 is 0 Å². The molecule has 0 fully saturated rings. The van der Waals surface area contributed by atoms with Crippen LogP contribution >= 0.6 is 0 Å². The topological polar surface area (TPSA) is 48.4 Å². The van der Waals surface area contributed by atoms with Crippen LogP contribution in [-0.4, -0.2) is 18.1 Å². The number of ether oxygens (including phenoxy) is 2. The second-order valence-electron chi connectivity index (χ2n) is 5.31. The van der Waals surface area contributed by atoms with Crippen LogP contribution in [0, 0.1) is 6.92 Å². The summed E-state index contributed by atoms with van der Waals surface area (Å²) < 4.78 is 10.6. The largest absolute Gasteiger partial charge is 0.497 e. The van der Waals surface area contributed by atoms with Crippen LogP contribution in [0.25, 0.3) is 10.8 Å². The Morgan fingerprint density at radius 3 is 2.65 bits per heavy atom. The number of methoxy groups -OCH3 is 1. The molecule has 0 aliphatic rings. The molecule has 0 amide bonds. The predicted octanol–water partition coefficient (Wildman–Crippen LogP) is 3.91. The summed E-state index contributed by atoms with van der Waals surface area (Å²) in [6.07, 6.45) is 3.45. The van der Waals surface area contributed by atoms with E-state index in [9.17, 15) is 4.79 Å². The molecule has 0 saturated carbocycles. The van der Waals surface area contributed by atoms with E-state index in [4.69, 9.17) is 9.47 Å². The number of rotatable bonds is 4. The summed E-state index contributed by atoms with van der Waals surface area (Å²) in [5, 5.41) is 1.99. The molecule has 0 aliphatic heterocycles. The van der Waals surface area contributed by atoms with E-state index in [0.717, 1.165) is 27.6 Å². The minimum Gasteiger partial charge on any atom is -0.497 e. The molecule has 3 rings (SSSR count). The number of fused-ring (bicyclic) bond motifs is 1. The monoisotopic (exact) mass is 307 g/mol. The SMILES string of the molecule is COc1ccc2cc(C(=O)OCc3ccncc3C)ccc2c1.